The lowest BCUT2D eigenvalue weighted by molar-refractivity contribution is -0.142. The molecule has 1 unspecified atom stereocenters. The van der Waals surface area contributed by atoms with E-state index >= 15 is 0 Å². The van der Waals surface area contributed by atoms with Crippen LogP contribution in [0.3, 0.4) is 0 Å². The van der Waals surface area contributed by atoms with Crippen molar-refractivity contribution in [2.45, 2.75) is 26.0 Å². The first kappa shape index (κ1) is 17.4. The number of benzene rings is 1. The van der Waals surface area contributed by atoms with Crippen LogP contribution in [0.4, 0.5) is 4.79 Å². The van der Waals surface area contributed by atoms with Gasteiger partial charge in [-0.25, -0.2) is 9.59 Å². The fourth-order valence-corrected chi connectivity index (χ4v) is 1.63. The zero-order chi connectivity index (χ0) is 16.4. The van der Waals surface area contributed by atoms with Gasteiger partial charge in [0.25, 0.3) is 0 Å². The summed E-state index contributed by atoms with van der Waals surface area (Å²) in [4.78, 5) is 34.1. The smallest absolute Gasteiger partial charge is 0.408 e. The number of ether oxygens (including phenoxy) is 2. The van der Waals surface area contributed by atoms with E-state index in [4.69, 9.17) is 4.74 Å². The van der Waals surface area contributed by atoms with Crippen molar-refractivity contribution in [3.8, 4) is 0 Å². The largest absolute Gasteiger partial charge is 0.467 e. The number of allylic oxidation sites excluding steroid dienone is 1. The Labute approximate surface area is 129 Å². The molecule has 1 rings (SSSR count). The number of hydrogen-bond donors (Lipinski definition) is 1. The summed E-state index contributed by atoms with van der Waals surface area (Å²) in [6.45, 7) is 1.50. The minimum Gasteiger partial charge on any atom is -0.467 e. The van der Waals surface area contributed by atoms with Gasteiger partial charge in [0.2, 0.25) is 0 Å². The highest BCUT2D eigenvalue weighted by Crippen LogP contribution is 2.02. The Kier molecular flexibility index (Phi) is 7.39. The average Bonchev–Trinajstić information content (AvgIpc) is 2.52. The lowest BCUT2D eigenvalue weighted by Gasteiger charge is -2.14. The summed E-state index contributed by atoms with van der Waals surface area (Å²) in [6, 6.07) is 8.27. The van der Waals surface area contributed by atoms with Crippen LogP contribution in [-0.2, 0) is 25.7 Å². The minimum absolute atomic E-state index is 0.101. The topological polar surface area (TPSA) is 81.7 Å². The molecule has 0 bridgehead atoms. The van der Waals surface area contributed by atoms with Crippen molar-refractivity contribution in [1.29, 1.82) is 0 Å². The maximum Gasteiger partial charge on any atom is 0.408 e. The molecule has 1 aromatic carbocycles. The number of esters is 1. The Morgan fingerprint density at radius 2 is 1.91 bits per heavy atom. The number of alkyl carbamates (subject to hydrolysis) is 1. The number of amides is 1. The SMILES string of the molecule is COC(=O)C(C/C=C/C(C)=O)NC(=O)OCc1ccccc1. The molecule has 118 valence electrons. The van der Waals surface area contributed by atoms with Gasteiger partial charge in [-0.1, -0.05) is 36.4 Å². The zero-order valence-corrected chi connectivity index (χ0v) is 12.6. The quantitative estimate of drug-likeness (QED) is 0.615. The number of carbonyl (C=O) groups excluding carboxylic acids is 3. The van der Waals surface area contributed by atoms with E-state index in [2.05, 4.69) is 10.1 Å². The molecule has 0 fully saturated rings. The maximum absolute atomic E-state index is 11.7. The van der Waals surface area contributed by atoms with Crippen LogP contribution in [0.15, 0.2) is 42.5 Å². The first-order valence-corrected chi connectivity index (χ1v) is 6.75. The molecule has 0 saturated heterocycles. The van der Waals surface area contributed by atoms with Crippen LogP contribution >= 0.6 is 0 Å². The average molecular weight is 305 g/mol. The summed E-state index contributed by atoms with van der Waals surface area (Å²) in [6.07, 6.45) is 2.25. The standard InChI is InChI=1S/C16H19NO5/c1-12(18)7-6-10-14(15(19)21-2)17-16(20)22-11-13-8-4-3-5-9-13/h3-9,14H,10-11H2,1-2H3,(H,17,20)/b7-6+. The highest BCUT2D eigenvalue weighted by atomic mass is 16.6. The fourth-order valence-electron chi connectivity index (χ4n) is 1.63. The van der Waals surface area contributed by atoms with E-state index in [0.717, 1.165) is 5.56 Å². The Morgan fingerprint density at radius 1 is 1.23 bits per heavy atom. The number of ketones is 1. The van der Waals surface area contributed by atoms with Gasteiger partial charge >= 0.3 is 12.1 Å². The van der Waals surface area contributed by atoms with Gasteiger partial charge in [-0.05, 0) is 25.0 Å². The highest BCUT2D eigenvalue weighted by Gasteiger charge is 2.20. The van der Waals surface area contributed by atoms with Crippen molar-refractivity contribution in [1.82, 2.24) is 5.32 Å². The predicted octanol–water partition coefficient (Wildman–Crippen LogP) is 1.99. The molecule has 1 amide bonds. The lowest BCUT2D eigenvalue weighted by Crippen LogP contribution is -2.41. The molecule has 6 nitrogen and oxygen atoms in total. The molecule has 0 radical (unpaired) electrons. The molecule has 0 aliphatic carbocycles. The van der Waals surface area contributed by atoms with Gasteiger partial charge in [0.1, 0.15) is 12.6 Å². The lowest BCUT2D eigenvalue weighted by atomic mass is 10.2. The van der Waals surface area contributed by atoms with Crippen LogP contribution in [0.2, 0.25) is 0 Å². The van der Waals surface area contributed by atoms with Gasteiger partial charge in [-0.2, -0.15) is 0 Å². The third-order valence-electron chi connectivity index (χ3n) is 2.71. The second-order valence-electron chi connectivity index (χ2n) is 4.53. The van der Waals surface area contributed by atoms with E-state index in [9.17, 15) is 14.4 Å². The molecule has 0 aliphatic rings. The highest BCUT2D eigenvalue weighted by molar-refractivity contribution is 5.87. The fraction of sp³-hybridized carbons (Fsp3) is 0.312. The van der Waals surface area contributed by atoms with Gasteiger partial charge in [0.05, 0.1) is 7.11 Å². The normalized spacial score (nSPS) is 11.7. The number of rotatable bonds is 7. The van der Waals surface area contributed by atoms with Crippen molar-refractivity contribution in [2.24, 2.45) is 0 Å². The van der Waals surface area contributed by atoms with Crippen molar-refractivity contribution < 1.29 is 23.9 Å². The number of nitrogens with one attached hydrogen (secondary N) is 1. The second kappa shape index (κ2) is 9.33. The summed E-state index contributed by atoms with van der Waals surface area (Å²) >= 11 is 0. The van der Waals surface area contributed by atoms with Crippen LogP contribution in [0.25, 0.3) is 0 Å². The van der Waals surface area contributed by atoms with Gasteiger partial charge in [0, 0.05) is 0 Å². The molecule has 1 atom stereocenters. The predicted molar refractivity (Wildman–Crippen MR) is 80.0 cm³/mol. The van der Waals surface area contributed by atoms with E-state index in [0.29, 0.717) is 0 Å². The Bertz CT molecular complexity index is 539. The van der Waals surface area contributed by atoms with Gasteiger partial charge in [0.15, 0.2) is 5.78 Å². The Morgan fingerprint density at radius 3 is 2.50 bits per heavy atom. The molecular formula is C16H19NO5. The minimum atomic E-state index is -0.899. The van der Waals surface area contributed by atoms with E-state index in [1.165, 1.54) is 26.2 Å². The van der Waals surface area contributed by atoms with Crippen molar-refractivity contribution in [3.63, 3.8) is 0 Å². The van der Waals surface area contributed by atoms with Gasteiger partial charge in [-0.15, -0.1) is 0 Å². The van der Waals surface area contributed by atoms with Crippen LogP contribution in [0.1, 0.15) is 18.9 Å². The first-order valence-electron chi connectivity index (χ1n) is 6.75. The molecule has 1 aromatic rings. The summed E-state index contributed by atoms with van der Waals surface area (Å²) in [5.74, 6) is -0.750. The monoisotopic (exact) mass is 305 g/mol. The van der Waals surface area contributed by atoms with Crippen LogP contribution < -0.4 is 5.32 Å². The number of hydrogen-bond acceptors (Lipinski definition) is 5. The molecule has 0 aliphatic heterocycles. The zero-order valence-electron chi connectivity index (χ0n) is 12.6. The third-order valence-corrected chi connectivity index (χ3v) is 2.71. The van der Waals surface area contributed by atoms with E-state index in [-0.39, 0.29) is 18.8 Å². The van der Waals surface area contributed by atoms with Crippen molar-refractivity contribution in [2.75, 3.05) is 7.11 Å². The van der Waals surface area contributed by atoms with E-state index < -0.39 is 18.1 Å². The van der Waals surface area contributed by atoms with Crippen LogP contribution in [-0.4, -0.2) is 31.0 Å². The molecule has 0 aromatic heterocycles. The molecule has 0 saturated carbocycles. The molecule has 6 heteroatoms. The molecule has 0 heterocycles. The van der Waals surface area contributed by atoms with Gasteiger partial charge < -0.3 is 14.8 Å². The van der Waals surface area contributed by atoms with Crippen molar-refractivity contribution >= 4 is 17.8 Å². The van der Waals surface area contributed by atoms with E-state index in [1.54, 1.807) is 0 Å². The van der Waals surface area contributed by atoms with Crippen molar-refractivity contribution in [3.05, 3.63) is 48.0 Å². The summed E-state index contributed by atoms with van der Waals surface area (Å²) in [7, 11) is 1.22. The molecule has 0 spiro atoms. The Hall–Kier alpha value is -2.63. The second-order valence-corrected chi connectivity index (χ2v) is 4.53. The van der Waals surface area contributed by atoms with E-state index in [1.807, 2.05) is 30.3 Å². The summed E-state index contributed by atoms with van der Waals surface area (Å²) < 4.78 is 9.64. The number of carbonyl (C=O) groups is 3. The molecule has 1 N–H and O–H groups in total. The van der Waals surface area contributed by atoms with Crippen LogP contribution in [0, 0.1) is 0 Å². The first-order chi connectivity index (χ1) is 10.5. The van der Waals surface area contributed by atoms with Gasteiger partial charge in [-0.3, -0.25) is 4.79 Å². The summed E-state index contributed by atoms with van der Waals surface area (Å²) in [5.41, 5.74) is 0.837. The number of methoxy groups -OCH3 is 1. The Balaban J connectivity index is 2.51. The maximum atomic E-state index is 11.7. The van der Waals surface area contributed by atoms with Crippen LogP contribution in [0.5, 0.6) is 0 Å². The molecule has 22 heavy (non-hydrogen) atoms. The molecular weight excluding hydrogens is 286 g/mol. The summed E-state index contributed by atoms with van der Waals surface area (Å²) in [5, 5.41) is 2.41. The third kappa shape index (κ3) is 6.69.